The number of carbonyl (C=O) groups is 1. The quantitative estimate of drug-likeness (QED) is 0.574. The highest BCUT2D eigenvalue weighted by atomic mass is 16.5. The summed E-state index contributed by atoms with van der Waals surface area (Å²) in [4.78, 5) is 14.7. The molecule has 0 fully saturated rings. The van der Waals surface area contributed by atoms with Gasteiger partial charge in [0.2, 0.25) is 5.91 Å². The summed E-state index contributed by atoms with van der Waals surface area (Å²) in [5.74, 6) is 1.27. The van der Waals surface area contributed by atoms with Gasteiger partial charge in [0.05, 0.1) is 13.2 Å². The van der Waals surface area contributed by atoms with Crippen molar-refractivity contribution >= 4 is 12.0 Å². The van der Waals surface area contributed by atoms with Crippen molar-refractivity contribution in [3.8, 4) is 17.6 Å². The number of nitriles is 1. The molecular weight excluding hydrogens is 378 g/mol. The van der Waals surface area contributed by atoms with E-state index in [1.165, 1.54) is 6.08 Å². The van der Waals surface area contributed by atoms with Crippen molar-refractivity contribution in [3.05, 3.63) is 65.7 Å². The molecule has 0 aromatic heterocycles. The number of benzene rings is 2. The van der Waals surface area contributed by atoms with Crippen LogP contribution in [0.1, 0.15) is 31.0 Å². The lowest BCUT2D eigenvalue weighted by molar-refractivity contribution is -0.116. The van der Waals surface area contributed by atoms with Crippen molar-refractivity contribution < 1.29 is 14.3 Å². The van der Waals surface area contributed by atoms with Crippen LogP contribution >= 0.6 is 0 Å². The van der Waals surface area contributed by atoms with E-state index in [0.717, 1.165) is 30.0 Å². The van der Waals surface area contributed by atoms with Crippen LogP contribution in [0.3, 0.4) is 0 Å². The second-order valence-electron chi connectivity index (χ2n) is 6.61. The van der Waals surface area contributed by atoms with Crippen molar-refractivity contribution in [1.29, 1.82) is 5.26 Å². The Morgan fingerprint density at radius 3 is 2.53 bits per heavy atom. The average molecular weight is 408 g/mol. The summed E-state index contributed by atoms with van der Waals surface area (Å²) in [7, 11) is 1.65. The average Bonchev–Trinajstić information content (AvgIpc) is 2.79. The second kappa shape index (κ2) is 12.3. The van der Waals surface area contributed by atoms with E-state index in [0.29, 0.717) is 12.3 Å². The van der Waals surface area contributed by atoms with Gasteiger partial charge in [-0.05, 0) is 54.6 Å². The van der Waals surface area contributed by atoms with Crippen LogP contribution in [0.15, 0.2) is 54.6 Å². The van der Waals surface area contributed by atoms with E-state index in [1.807, 2.05) is 36.4 Å². The summed E-state index contributed by atoms with van der Waals surface area (Å²) < 4.78 is 10.6. The van der Waals surface area contributed by atoms with Crippen molar-refractivity contribution in [2.45, 2.75) is 19.9 Å². The van der Waals surface area contributed by atoms with E-state index in [4.69, 9.17) is 14.7 Å². The lowest BCUT2D eigenvalue weighted by atomic mass is 10.0. The third-order valence-corrected chi connectivity index (χ3v) is 4.81. The molecule has 1 N–H and O–H groups in total. The molecule has 6 heteroatoms. The largest absolute Gasteiger partial charge is 0.497 e. The maximum Gasteiger partial charge on any atom is 0.244 e. The van der Waals surface area contributed by atoms with Gasteiger partial charge in [-0.2, -0.15) is 5.26 Å². The molecule has 30 heavy (non-hydrogen) atoms. The number of carbonyl (C=O) groups excluding carboxylic acids is 1. The first-order chi connectivity index (χ1) is 14.6. The summed E-state index contributed by atoms with van der Waals surface area (Å²) in [6, 6.07) is 17.2. The van der Waals surface area contributed by atoms with Crippen LogP contribution in [0.5, 0.6) is 11.5 Å². The van der Waals surface area contributed by atoms with Gasteiger partial charge in [0.25, 0.3) is 0 Å². The van der Waals surface area contributed by atoms with E-state index in [9.17, 15) is 4.79 Å². The number of hydrogen-bond acceptors (Lipinski definition) is 5. The van der Waals surface area contributed by atoms with Crippen molar-refractivity contribution in [2.24, 2.45) is 0 Å². The number of likely N-dealkylation sites (N-methyl/N-ethyl adjacent to an activating group) is 1. The minimum Gasteiger partial charge on any atom is -0.497 e. The Balaban J connectivity index is 2.01. The molecule has 0 aliphatic heterocycles. The van der Waals surface area contributed by atoms with Gasteiger partial charge in [-0.1, -0.05) is 38.1 Å². The fourth-order valence-electron chi connectivity index (χ4n) is 3.19. The molecule has 2 aromatic rings. The van der Waals surface area contributed by atoms with Gasteiger partial charge < -0.3 is 14.8 Å². The highest BCUT2D eigenvalue weighted by Crippen LogP contribution is 2.23. The molecule has 1 unspecified atom stereocenters. The monoisotopic (exact) mass is 407 g/mol. The fourth-order valence-corrected chi connectivity index (χ4v) is 3.19. The number of nitrogens with zero attached hydrogens (tertiary/aromatic N) is 2. The number of nitrogens with one attached hydrogen (secondary N) is 1. The first kappa shape index (κ1) is 23.0. The van der Waals surface area contributed by atoms with Gasteiger partial charge in [0.1, 0.15) is 17.6 Å². The Bertz CT molecular complexity index is 868. The molecule has 0 heterocycles. The lowest BCUT2D eigenvalue weighted by Gasteiger charge is -2.30. The van der Waals surface area contributed by atoms with Gasteiger partial charge in [0.15, 0.2) is 6.61 Å². The summed E-state index contributed by atoms with van der Waals surface area (Å²) in [6.45, 7) is 6.50. The predicted octanol–water partition coefficient (Wildman–Crippen LogP) is 3.81. The van der Waals surface area contributed by atoms with Gasteiger partial charge in [0, 0.05) is 12.6 Å². The highest BCUT2D eigenvalue weighted by molar-refractivity contribution is 5.91. The van der Waals surface area contributed by atoms with Crippen molar-refractivity contribution in [1.82, 2.24) is 10.2 Å². The van der Waals surface area contributed by atoms with E-state index in [2.05, 4.69) is 30.1 Å². The van der Waals surface area contributed by atoms with E-state index in [-0.39, 0.29) is 18.6 Å². The minimum absolute atomic E-state index is 0.0125. The van der Waals surface area contributed by atoms with Crippen LogP contribution in [0.25, 0.3) is 6.08 Å². The summed E-state index contributed by atoms with van der Waals surface area (Å²) >= 11 is 0. The zero-order valence-corrected chi connectivity index (χ0v) is 17.8. The second-order valence-corrected chi connectivity index (χ2v) is 6.61. The molecule has 158 valence electrons. The van der Waals surface area contributed by atoms with Crippen molar-refractivity contribution in [3.63, 3.8) is 0 Å². The molecule has 0 aliphatic rings. The number of methoxy groups -OCH3 is 1. The van der Waals surface area contributed by atoms with Crippen LogP contribution < -0.4 is 14.8 Å². The Labute approximate surface area is 178 Å². The number of hydrogen-bond donors (Lipinski definition) is 1. The molecular formula is C24H29N3O3. The van der Waals surface area contributed by atoms with E-state index in [1.54, 1.807) is 25.3 Å². The summed E-state index contributed by atoms with van der Waals surface area (Å²) in [5.41, 5.74) is 1.98. The Hall–Kier alpha value is -3.30. The molecule has 0 aliphatic carbocycles. The maximum absolute atomic E-state index is 12.4. The SMILES string of the molecule is CCN(CC)C(CNC(=O)C=Cc1ccc(OCC#N)cc1)c1cccc(OC)c1. The fraction of sp³-hybridized carbons (Fsp3) is 0.333. The highest BCUT2D eigenvalue weighted by Gasteiger charge is 2.19. The van der Waals surface area contributed by atoms with Crippen molar-refractivity contribution in [2.75, 3.05) is 33.4 Å². The van der Waals surface area contributed by atoms with Gasteiger partial charge in [-0.25, -0.2) is 0 Å². The molecule has 0 bridgehead atoms. The molecule has 2 rings (SSSR count). The van der Waals surface area contributed by atoms with Crippen LogP contribution in [0.2, 0.25) is 0 Å². The van der Waals surface area contributed by atoms with Gasteiger partial charge >= 0.3 is 0 Å². The molecule has 2 aromatic carbocycles. The van der Waals surface area contributed by atoms with E-state index >= 15 is 0 Å². The van der Waals surface area contributed by atoms with Crippen LogP contribution in [-0.4, -0.2) is 44.2 Å². The lowest BCUT2D eigenvalue weighted by Crippen LogP contribution is -2.37. The molecule has 6 nitrogen and oxygen atoms in total. The molecule has 0 saturated carbocycles. The Morgan fingerprint density at radius 2 is 1.90 bits per heavy atom. The van der Waals surface area contributed by atoms with Crippen LogP contribution in [0.4, 0.5) is 0 Å². The van der Waals surface area contributed by atoms with Crippen LogP contribution in [-0.2, 0) is 4.79 Å². The Morgan fingerprint density at radius 1 is 1.17 bits per heavy atom. The first-order valence-corrected chi connectivity index (χ1v) is 10.0. The van der Waals surface area contributed by atoms with Gasteiger partial charge in [-0.15, -0.1) is 0 Å². The number of amides is 1. The molecule has 0 spiro atoms. The van der Waals surface area contributed by atoms with Crippen LogP contribution in [0, 0.1) is 11.3 Å². The third kappa shape index (κ3) is 6.94. The Kier molecular flexibility index (Phi) is 9.43. The minimum atomic E-state index is -0.153. The normalized spacial score (nSPS) is 11.8. The third-order valence-electron chi connectivity index (χ3n) is 4.81. The molecule has 1 amide bonds. The zero-order chi connectivity index (χ0) is 21.8. The summed E-state index contributed by atoms with van der Waals surface area (Å²) in [5, 5.41) is 11.6. The molecule has 0 radical (unpaired) electrons. The number of rotatable bonds is 11. The summed E-state index contributed by atoms with van der Waals surface area (Å²) in [6.07, 6.45) is 3.28. The first-order valence-electron chi connectivity index (χ1n) is 10.0. The molecule has 1 atom stereocenters. The standard InChI is InChI=1S/C24H29N3O3/c1-4-27(5-2)23(20-7-6-8-22(17-20)29-3)18-26-24(28)14-11-19-9-12-21(13-10-19)30-16-15-25/h6-14,17,23H,4-5,16,18H2,1-3H3,(H,26,28). The topological polar surface area (TPSA) is 74.6 Å². The van der Waals surface area contributed by atoms with Gasteiger partial charge in [-0.3, -0.25) is 9.69 Å². The zero-order valence-electron chi connectivity index (χ0n) is 17.8. The smallest absolute Gasteiger partial charge is 0.244 e. The van der Waals surface area contributed by atoms with E-state index < -0.39 is 0 Å². The number of ether oxygens (including phenoxy) is 2. The predicted molar refractivity (Wildman–Crippen MR) is 118 cm³/mol. The molecule has 0 saturated heterocycles. The maximum atomic E-state index is 12.4.